The van der Waals surface area contributed by atoms with Gasteiger partial charge in [-0.3, -0.25) is 4.79 Å². The molecule has 1 atom stereocenters. The number of carbonyl (C=O) groups is 1. The van der Waals surface area contributed by atoms with Crippen LogP contribution in [0.4, 0.5) is 0 Å². The van der Waals surface area contributed by atoms with Crippen LogP contribution in [0.3, 0.4) is 0 Å². The molecule has 0 aromatic heterocycles. The van der Waals surface area contributed by atoms with Crippen molar-refractivity contribution in [3.63, 3.8) is 0 Å². The molecule has 0 saturated heterocycles. The summed E-state index contributed by atoms with van der Waals surface area (Å²) in [4.78, 5) is 10.7. The van der Waals surface area contributed by atoms with Gasteiger partial charge in [-0.25, -0.2) is 0 Å². The monoisotopic (exact) mass is 428 g/mol. The lowest BCUT2D eigenvalue weighted by Crippen LogP contribution is -2.43. The van der Waals surface area contributed by atoms with E-state index in [0.29, 0.717) is 5.04 Å². The molecule has 0 rings (SSSR count). The summed E-state index contributed by atoms with van der Waals surface area (Å²) in [5, 5.41) is 0.478. The minimum atomic E-state index is -1.82. The summed E-state index contributed by atoms with van der Waals surface area (Å²) in [6, 6.07) is 0. The Kier molecular flexibility index (Phi) is 11.7. The predicted octanol–water partition coefficient (Wildman–Crippen LogP) is 7.49. The maximum Gasteiger partial charge on any atom is 0.192 e. The number of hydrogen-bond acceptors (Lipinski definition) is 3. The standard InChI is InChI=1S/C23H48O3Si2/c1-22(2,3)27(7,8)25-20-15-13-11-12-14-17-21(18-16-19-24)26-28(9,10)23(4,5)6/h16,18-19,21H,11-15,17,20H2,1-10H3/b18-16+/t21-/m1/s1. The van der Waals surface area contributed by atoms with Crippen LogP contribution < -0.4 is 0 Å². The largest absolute Gasteiger partial charge is 0.417 e. The van der Waals surface area contributed by atoms with Crippen molar-refractivity contribution in [3.05, 3.63) is 12.2 Å². The van der Waals surface area contributed by atoms with Gasteiger partial charge in [0.15, 0.2) is 16.6 Å². The van der Waals surface area contributed by atoms with E-state index in [1.165, 1.54) is 19.3 Å². The second-order valence-corrected chi connectivity index (χ2v) is 20.7. The topological polar surface area (TPSA) is 35.5 Å². The molecule has 0 fully saturated rings. The van der Waals surface area contributed by atoms with Crippen LogP contribution in [-0.2, 0) is 13.6 Å². The predicted molar refractivity (Wildman–Crippen MR) is 128 cm³/mol. The van der Waals surface area contributed by atoms with Crippen LogP contribution in [-0.4, -0.2) is 35.6 Å². The maximum atomic E-state index is 10.7. The summed E-state index contributed by atoms with van der Waals surface area (Å²) in [5.74, 6) is 0. The Bertz CT molecular complexity index is 471. The fourth-order valence-electron chi connectivity index (χ4n) is 2.44. The zero-order chi connectivity index (χ0) is 22.1. The van der Waals surface area contributed by atoms with Crippen LogP contribution in [0.2, 0.25) is 36.3 Å². The van der Waals surface area contributed by atoms with Crippen molar-refractivity contribution in [2.45, 2.75) is 122 Å². The molecule has 0 amide bonds. The smallest absolute Gasteiger partial charge is 0.192 e. The van der Waals surface area contributed by atoms with Crippen molar-refractivity contribution >= 4 is 22.9 Å². The van der Waals surface area contributed by atoms with Gasteiger partial charge in [0.25, 0.3) is 0 Å². The number of hydrogen-bond donors (Lipinski definition) is 0. The minimum absolute atomic E-state index is 0.0630. The first kappa shape index (κ1) is 27.8. The molecule has 0 aliphatic rings. The third kappa shape index (κ3) is 10.5. The van der Waals surface area contributed by atoms with E-state index in [1.54, 1.807) is 6.08 Å². The Morgan fingerprint density at radius 1 is 0.786 bits per heavy atom. The summed E-state index contributed by atoms with van der Waals surface area (Å²) in [5.41, 5.74) is 0. The van der Waals surface area contributed by atoms with Crippen LogP contribution in [0.1, 0.15) is 80.1 Å². The van der Waals surface area contributed by atoms with Crippen LogP contribution in [0.25, 0.3) is 0 Å². The Labute approximate surface area is 177 Å². The molecule has 0 spiro atoms. The molecule has 3 nitrogen and oxygen atoms in total. The van der Waals surface area contributed by atoms with Gasteiger partial charge in [-0.2, -0.15) is 0 Å². The average Bonchev–Trinajstić information content (AvgIpc) is 2.52. The first-order valence-electron chi connectivity index (χ1n) is 11.1. The fraction of sp³-hybridized carbons (Fsp3) is 0.870. The lowest BCUT2D eigenvalue weighted by molar-refractivity contribution is -0.104. The van der Waals surface area contributed by atoms with Crippen molar-refractivity contribution in [3.8, 4) is 0 Å². The molecule has 0 radical (unpaired) electrons. The Hall–Kier alpha value is -0.236. The van der Waals surface area contributed by atoms with Gasteiger partial charge in [0.2, 0.25) is 0 Å². The molecule has 166 valence electrons. The molecule has 0 aliphatic carbocycles. The molecule has 0 N–H and O–H groups in total. The summed E-state index contributed by atoms with van der Waals surface area (Å²) >= 11 is 0. The number of allylic oxidation sites excluding steroid dienone is 1. The highest BCUT2D eigenvalue weighted by atomic mass is 28.4. The average molecular weight is 429 g/mol. The molecule has 0 aromatic carbocycles. The van der Waals surface area contributed by atoms with Crippen molar-refractivity contribution in [1.82, 2.24) is 0 Å². The molecule has 0 unspecified atom stereocenters. The third-order valence-electron chi connectivity index (χ3n) is 6.56. The molecule has 5 heteroatoms. The molecule has 0 saturated carbocycles. The number of carbonyl (C=O) groups excluding carboxylic acids is 1. The van der Waals surface area contributed by atoms with Crippen LogP contribution >= 0.6 is 0 Å². The van der Waals surface area contributed by atoms with Gasteiger partial charge >= 0.3 is 0 Å². The van der Waals surface area contributed by atoms with Crippen molar-refractivity contribution < 1.29 is 13.6 Å². The molecular weight excluding hydrogens is 380 g/mol. The van der Waals surface area contributed by atoms with Gasteiger partial charge in [-0.15, -0.1) is 0 Å². The van der Waals surface area contributed by atoms with E-state index in [-0.39, 0.29) is 11.1 Å². The normalized spacial score (nSPS) is 15.2. The third-order valence-corrected chi connectivity index (χ3v) is 15.6. The maximum absolute atomic E-state index is 10.7. The van der Waals surface area contributed by atoms with E-state index in [1.807, 2.05) is 6.08 Å². The fourth-order valence-corrected chi connectivity index (χ4v) is 4.84. The second kappa shape index (κ2) is 11.8. The van der Waals surface area contributed by atoms with Crippen molar-refractivity contribution in [2.24, 2.45) is 0 Å². The highest BCUT2D eigenvalue weighted by Crippen LogP contribution is 2.38. The van der Waals surface area contributed by atoms with E-state index in [0.717, 1.165) is 32.2 Å². The summed E-state index contributed by atoms with van der Waals surface area (Å²) in [6.45, 7) is 23.7. The van der Waals surface area contributed by atoms with E-state index < -0.39 is 16.6 Å². The van der Waals surface area contributed by atoms with Crippen molar-refractivity contribution in [1.29, 1.82) is 0 Å². The molecular formula is C23H48O3Si2. The van der Waals surface area contributed by atoms with Gasteiger partial charge in [0.05, 0.1) is 6.10 Å². The van der Waals surface area contributed by atoms with Crippen LogP contribution in [0.5, 0.6) is 0 Å². The van der Waals surface area contributed by atoms with E-state index in [2.05, 4.69) is 67.7 Å². The van der Waals surface area contributed by atoms with E-state index in [9.17, 15) is 4.79 Å². The van der Waals surface area contributed by atoms with Gasteiger partial charge in [0, 0.05) is 6.61 Å². The number of unbranched alkanes of at least 4 members (excludes halogenated alkanes) is 4. The van der Waals surface area contributed by atoms with Gasteiger partial charge in [0.1, 0.15) is 6.29 Å². The minimum Gasteiger partial charge on any atom is -0.417 e. The lowest BCUT2D eigenvalue weighted by atomic mass is 10.1. The van der Waals surface area contributed by atoms with Gasteiger partial charge in [-0.1, -0.05) is 73.3 Å². The molecule has 0 aromatic rings. The highest BCUT2D eigenvalue weighted by molar-refractivity contribution is 6.74. The summed E-state index contributed by atoms with van der Waals surface area (Å²) in [6.07, 6.45) is 11.4. The Balaban J connectivity index is 4.19. The van der Waals surface area contributed by atoms with Crippen LogP contribution in [0, 0.1) is 0 Å². The number of aldehydes is 1. The second-order valence-electron chi connectivity index (χ2n) is 11.1. The first-order chi connectivity index (χ1) is 12.6. The van der Waals surface area contributed by atoms with E-state index >= 15 is 0 Å². The summed E-state index contributed by atoms with van der Waals surface area (Å²) in [7, 11) is -3.41. The zero-order valence-corrected chi connectivity index (χ0v) is 22.5. The zero-order valence-electron chi connectivity index (χ0n) is 20.5. The molecule has 0 bridgehead atoms. The molecule has 28 heavy (non-hydrogen) atoms. The Morgan fingerprint density at radius 2 is 1.29 bits per heavy atom. The lowest BCUT2D eigenvalue weighted by Gasteiger charge is -2.38. The molecule has 0 aliphatic heterocycles. The number of rotatable bonds is 13. The SMILES string of the molecule is CC(C)(C)[Si](C)(C)OCCCCCCC[C@H](/C=C/C=O)O[Si](C)(C)C(C)(C)C. The van der Waals surface area contributed by atoms with Gasteiger partial charge < -0.3 is 8.85 Å². The Morgan fingerprint density at radius 3 is 1.79 bits per heavy atom. The summed E-state index contributed by atoms with van der Waals surface area (Å²) < 4.78 is 12.7. The van der Waals surface area contributed by atoms with Crippen molar-refractivity contribution in [2.75, 3.05) is 6.61 Å². The first-order valence-corrected chi connectivity index (χ1v) is 16.9. The van der Waals surface area contributed by atoms with E-state index in [4.69, 9.17) is 8.85 Å². The quantitative estimate of drug-likeness (QED) is 0.132. The van der Waals surface area contributed by atoms with Gasteiger partial charge in [-0.05, 0) is 55.2 Å². The highest BCUT2D eigenvalue weighted by Gasteiger charge is 2.38. The molecule has 0 heterocycles. The van der Waals surface area contributed by atoms with Crippen LogP contribution in [0.15, 0.2) is 12.2 Å².